The Morgan fingerprint density at radius 3 is 2.81 bits per heavy atom. The van der Waals surface area contributed by atoms with Gasteiger partial charge in [-0.25, -0.2) is 0 Å². The summed E-state index contributed by atoms with van der Waals surface area (Å²) in [6, 6.07) is 4.40. The number of hydrogen-bond acceptors (Lipinski definition) is 3. The highest BCUT2D eigenvalue weighted by molar-refractivity contribution is 5.46. The molecule has 0 aromatic heterocycles. The van der Waals surface area contributed by atoms with Gasteiger partial charge in [0.2, 0.25) is 0 Å². The van der Waals surface area contributed by atoms with Crippen molar-refractivity contribution in [1.82, 2.24) is 10.2 Å². The SMILES string of the molecule is C=C1CC[C@H]2[C@@H]3CCc4cc(O)c(CNCCN(C)C)cc4[C@H]3CC[C@]12C. The van der Waals surface area contributed by atoms with Gasteiger partial charge in [-0.05, 0) is 93.0 Å². The molecule has 0 heterocycles. The van der Waals surface area contributed by atoms with E-state index < -0.39 is 0 Å². The molecule has 0 amide bonds. The zero-order chi connectivity index (χ0) is 19.2. The molecule has 0 unspecified atom stereocenters. The number of phenols is 1. The van der Waals surface area contributed by atoms with Gasteiger partial charge >= 0.3 is 0 Å². The number of likely N-dealkylation sites (N-methyl/N-ethyl adjacent to an activating group) is 1. The highest BCUT2D eigenvalue weighted by atomic mass is 16.3. The number of fused-ring (bicyclic) bond motifs is 5. The van der Waals surface area contributed by atoms with Gasteiger partial charge < -0.3 is 15.3 Å². The van der Waals surface area contributed by atoms with E-state index in [4.69, 9.17) is 0 Å². The van der Waals surface area contributed by atoms with Gasteiger partial charge in [-0.15, -0.1) is 0 Å². The minimum Gasteiger partial charge on any atom is -0.508 e. The molecular weight excluding hydrogens is 332 g/mol. The predicted molar refractivity (Wildman–Crippen MR) is 112 cm³/mol. The van der Waals surface area contributed by atoms with Gasteiger partial charge in [-0.1, -0.05) is 25.1 Å². The lowest BCUT2D eigenvalue weighted by molar-refractivity contribution is 0.0816. The Morgan fingerprint density at radius 1 is 1.22 bits per heavy atom. The molecule has 3 heteroatoms. The summed E-state index contributed by atoms with van der Waals surface area (Å²) in [5.41, 5.74) is 5.89. The maximum absolute atomic E-state index is 10.5. The van der Waals surface area contributed by atoms with Crippen LogP contribution in [-0.4, -0.2) is 37.2 Å². The van der Waals surface area contributed by atoms with Crippen LogP contribution in [0.2, 0.25) is 0 Å². The standard InChI is InChI=1S/C24H36N2O/c1-16-5-8-22-20-7-6-17-14-23(27)18(15-25-11-12-26(3)4)13-21(17)19(20)9-10-24(16,22)2/h13-14,19-20,22,25,27H,1,5-12,15H2,2-4H3/t19-,20+,22-,24+/m0/s1. The van der Waals surface area contributed by atoms with Crippen molar-refractivity contribution in [3.05, 3.63) is 41.0 Å². The zero-order valence-corrected chi connectivity index (χ0v) is 17.4. The molecule has 4 atom stereocenters. The Kier molecular flexibility index (Phi) is 5.11. The molecule has 3 nitrogen and oxygen atoms in total. The quantitative estimate of drug-likeness (QED) is 0.595. The zero-order valence-electron chi connectivity index (χ0n) is 17.4. The van der Waals surface area contributed by atoms with Gasteiger partial charge in [-0.2, -0.15) is 0 Å². The number of phenolic OH excluding ortho intramolecular Hbond substituents is 1. The number of allylic oxidation sites excluding steroid dienone is 1. The highest BCUT2D eigenvalue weighted by Gasteiger charge is 2.51. The first-order chi connectivity index (χ1) is 12.9. The molecule has 0 radical (unpaired) electrons. The molecule has 0 bridgehead atoms. The van der Waals surface area contributed by atoms with Crippen LogP contribution in [-0.2, 0) is 13.0 Å². The van der Waals surface area contributed by atoms with Crippen LogP contribution in [0.5, 0.6) is 5.75 Å². The number of hydrogen-bond donors (Lipinski definition) is 2. The summed E-state index contributed by atoms with van der Waals surface area (Å²) in [6.07, 6.45) is 7.54. The third kappa shape index (κ3) is 3.34. The van der Waals surface area contributed by atoms with E-state index in [2.05, 4.69) is 49.9 Å². The number of aromatic hydroxyl groups is 1. The van der Waals surface area contributed by atoms with Crippen LogP contribution < -0.4 is 5.32 Å². The Bertz CT molecular complexity index is 725. The molecular formula is C24H36N2O. The predicted octanol–water partition coefficient (Wildman–Crippen LogP) is 4.46. The van der Waals surface area contributed by atoms with Gasteiger partial charge in [0, 0.05) is 25.2 Å². The van der Waals surface area contributed by atoms with Crippen LogP contribution in [0.25, 0.3) is 0 Å². The van der Waals surface area contributed by atoms with E-state index in [9.17, 15) is 5.11 Å². The molecule has 3 aliphatic carbocycles. The molecule has 4 rings (SSSR count). The molecule has 0 saturated heterocycles. The average Bonchev–Trinajstić information content (AvgIpc) is 2.94. The summed E-state index contributed by atoms with van der Waals surface area (Å²) < 4.78 is 0. The average molecular weight is 369 g/mol. The third-order valence-electron chi connectivity index (χ3n) is 7.93. The fourth-order valence-electron chi connectivity index (χ4n) is 6.23. The third-order valence-corrected chi connectivity index (χ3v) is 7.93. The van der Waals surface area contributed by atoms with E-state index in [1.54, 1.807) is 0 Å². The number of benzene rings is 1. The number of nitrogens with one attached hydrogen (secondary N) is 1. The van der Waals surface area contributed by atoms with Crippen molar-refractivity contribution in [2.75, 3.05) is 27.2 Å². The van der Waals surface area contributed by atoms with Crippen molar-refractivity contribution in [2.24, 2.45) is 17.3 Å². The number of nitrogens with zero attached hydrogens (tertiary/aromatic N) is 1. The summed E-state index contributed by atoms with van der Waals surface area (Å²) in [7, 11) is 4.18. The van der Waals surface area contributed by atoms with Crippen molar-refractivity contribution in [3.63, 3.8) is 0 Å². The molecule has 2 fully saturated rings. The minimum absolute atomic E-state index is 0.381. The van der Waals surface area contributed by atoms with Crippen LogP contribution in [0.1, 0.15) is 61.6 Å². The first kappa shape index (κ1) is 19.0. The lowest BCUT2D eigenvalue weighted by atomic mass is 9.55. The van der Waals surface area contributed by atoms with Gasteiger partial charge in [0.25, 0.3) is 0 Å². The summed E-state index contributed by atoms with van der Waals surface area (Å²) >= 11 is 0. The first-order valence-corrected chi connectivity index (χ1v) is 10.8. The molecule has 1 aromatic carbocycles. The molecule has 3 aliphatic rings. The molecule has 27 heavy (non-hydrogen) atoms. The molecule has 2 N–H and O–H groups in total. The second kappa shape index (κ2) is 7.25. The van der Waals surface area contributed by atoms with Crippen molar-refractivity contribution >= 4 is 0 Å². The van der Waals surface area contributed by atoms with E-state index in [0.717, 1.165) is 43.5 Å². The molecule has 0 aliphatic heterocycles. The lowest BCUT2D eigenvalue weighted by Gasteiger charge is -2.49. The van der Waals surface area contributed by atoms with Crippen LogP contribution in [0.3, 0.4) is 0 Å². The van der Waals surface area contributed by atoms with Crippen LogP contribution in [0, 0.1) is 17.3 Å². The fraction of sp³-hybridized carbons (Fsp3) is 0.667. The largest absolute Gasteiger partial charge is 0.508 e. The van der Waals surface area contributed by atoms with Crippen LogP contribution in [0.15, 0.2) is 24.3 Å². The maximum Gasteiger partial charge on any atom is 0.120 e. The number of rotatable bonds is 5. The van der Waals surface area contributed by atoms with E-state index >= 15 is 0 Å². The normalized spacial score (nSPS) is 32.3. The topological polar surface area (TPSA) is 35.5 Å². The lowest BCUT2D eigenvalue weighted by Crippen LogP contribution is -2.40. The van der Waals surface area contributed by atoms with Gasteiger partial charge in [-0.3, -0.25) is 0 Å². The minimum atomic E-state index is 0.381. The van der Waals surface area contributed by atoms with E-state index in [1.165, 1.54) is 48.8 Å². The summed E-state index contributed by atoms with van der Waals surface area (Å²) in [5, 5.41) is 14.0. The van der Waals surface area contributed by atoms with Crippen molar-refractivity contribution in [1.29, 1.82) is 0 Å². The second-order valence-corrected chi connectivity index (χ2v) is 9.67. The fourth-order valence-corrected chi connectivity index (χ4v) is 6.23. The molecule has 2 saturated carbocycles. The van der Waals surface area contributed by atoms with Gasteiger partial charge in [0.1, 0.15) is 5.75 Å². The Morgan fingerprint density at radius 2 is 2.04 bits per heavy atom. The Hall–Kier alpha value is -1.32. The highest BCUT2D eigenvalue weighted by Crippen LogP contribution is 2.62. The number of aryl methyl sites for hydroxylation is 1. The van der Waals surface area contributed by atoms with Crippen LogP contribution >= 0.6 is 0 Å². The van der Waals surface area contributed by atoms with E-state index in [-0.39, 0.29) is 0 Å². The summed E-state index contributed by atoms with van der Waals surface area (Å²) in [6.45, 7) is 9.62. The van der Waals surface area contributed by atoms with E-state index in [0.29, 0.717) is 17.1 Å². The summed E-state index contributed by atoms with van der Waals surface area (Å²) in [4.78, 5) is 2.18. The summed E-state index contributed by atoms with van der Waals surface area (Å²) in [5.74, 6) is 2.76. The first-order valence-electron chi connectivity index (χ1n) is 10.8. The Labute approximate surface area is 164 Å². The van der Waals surface area contributed by atoms with Gasteiger partial charge in [0.05, 0.1) is 0 Å². The Balaban J connectivity index is 1.54. The van der Waals surface area contributed by atoms with Crippen molar-refractivity contribution < 1.29 is 5.11 Å². The van der Waals surface area contributed by atoms with Crippen molar-refractivity contribution in [3.8, 4) is 5.75 Å². The molecule has 1 aromatic rings. The van der Waals surface area contributed by atoms with Crippen molar-refractivity contribution in [2.45, 2.75) is 57.9 Å². The maximum atomic E-state index is 10.5. The van der Waals surface area contributed by atoms with Gasteiger partial charge in [0.15, 0.2) is 0 Å². The second-order valence-electron chi connectivity index (χ2n) is 9.67. The molecule has 148 valence electrons. The monoisotopic (exact) mass is 368 g/mol. The molecule has 0 spiro atoms. The van der Waals surface area contributed by atoms with Crippen LogP contribution in [0.4, 0.5) is 0 Å². The van der Waals surface area contributed by atoms with E-state index in [1.807, 2.05) is 0 Å². The smallest absolute Gasteiger partial charge is 0.120 e.